The van der Waals surface area contributed by atoms with Crippen LogP contribution in [0.2, 0.25) is 0 Å². The van der Waals surface area contributed by atoms with Crippen molar-refractivity contribution in [1.82, 2.24) is 5.32 Å². The summed E-state index contributed by atoms with van der Waals surface area (Å²) in [6, 6.07) is 6.77. The molecule has 1 unspecified atom stereocenters. The first-order chi connectivity index (χ1) is 9.30. The van der Waals surface area contributed by atoms with E-state index in [1.54, 1.807) is 7.11 Å². The average Bonchev–Trinajstić information content (AvgIpc) is 2.98. The summed E-state index contributed by atoms with van der Waals surface area (Å²) in [7, 11) is 3.82. The second kappa shape index (κ2) is 6.95. The van der Waals surface area contributed by atoms with E-state index in [0.29, 0.717) is 5.92 Å². The second-order valence-electron chi connectivity index (χ2n) is 5.63. The van der Waals surface area contributed by atoms with E-state index < -0.39 is 0 Å². The standard InChI is InChI=1S/C17H27NO/c1-4-13-11-15(9-10-17(13)19-3)16(12-18-2)14-7-5-6-8-14/h9-11,14,16,18H,4-8,12H2,1-3H3. The first-order valence-corrected chi connectivity index (χ1v) is 7.61. The minimum absolute atomic E-state index is 0.656. The molecule has 0 bridgehead atoms. The Labute approximate surface area is 117 Å². The van der Waals surface area contributed by atoms with Crippen LogP contribution in [0.4, 0.5) is 0 Å². The lowest BCUT2D eigenvalue weighted by Gasteiger charge is -2.24. The zero-order valence-electron chi connectivity index (χ0n) is 12.5. The van der Waals surface area contributed by atoms with Crippen molar-refractivity contribution in [1.29, 1.82) is 0 Å². The molecule has 1 aliphatic rings. The van der Waals surface area contributed by atoms with Crippen LogP contribution in [0.15, 0.2) is 18.2 Å². The van der Waals surface area contributed by atoms with Crippen molar-refractivity contribution in [3.63, 3.8) is 0 Å². The molecule has 0 radical (unpaired) electrons. The van der Waals surface area contributed by atoms with Crippen LogP contribution in [0.5, 0.6) is 5.75 Å². The number of likely N-dealkylation sites (N-methyl/N-ethyl adjacent to an activating group) is 1. The van der Waals surface area contributed by atoms with Gasteiger partial charge in [0, 0.05) is 6.54 Å². The van der Waals surface area contributed by atoms with Crippen LogP contribution in [-0.2, 0) is 6.42 Å². The smallest absolute Gasteiger partial charge is 0.122 e. The zero-order valence-corrected chi connectivity index (χ0v) is 12.5. The number of hydrogen-bond donors (Lipinski definition) is 1. The quantitative estimate of drug-likeness (QED) is 0.842. The van der Waals surface area contributed by atoms with Gasteiger partial charge in [-0.15, -0.1) is 0 Å². The van der Waals surface area contributed by atoms with E-state index in [-0.39, 0.29) is 0 Å². The van der Waals surface area contributed by atoms with Crippen LogP contribution in [0.1, 0.15) is 49.7 Å². The number of ether oxygens (including phenoxy) is 1. The molecule has 106 valence electrons. The third-order valence-corrected chi connectivity index (χ3v) is 4.51. The molecular weight excluding hydrogens is 234 g/mol. The monoisotopic (exact) mass is 261 g/mol. The third-order valence-electron chi connectivity index (χ3n) is 4.51. The van der Waals surface area contributed by atoms with Crippen molar-refractivity contribution < 1.29 is 4.74 Å². The van der Waals surface area contributed by atoms with Crippen molar-refractivity contribution in [2.75, 3.05) is 20.7 Å². The van der Waals surface area contributed by atoms with E-state index in [1.807, 2.05) is 0 Å². The van der Waals surface area contributed by atoms with Crippen molar-refractivity contribution in [2.45, 2.75) is 44.9 Å². The summed E-state index contributed by atoms with van der Waals surface area (Å²) in [6.45, 7) is 3.28. The highest BCUT2D eigenvalue weighted by molar-refractivity contribution is 5.39. The minimum Gasteiger partial charge on any atom is -0.496 e. The van der Waals surface area contributed by atoms with Gasteiger partial charge >= 0.3 is 0 Å². The molecule has 1 aromatic carbocycles. The number of hydrogen-bond acceptors (Lipinski definition) is 2. The highest BCUT2D eigenvalue weighted by Crippen LogP contribution is 2.38. The molecule has 0 heterocycles. The largest absolute Gasteiger partial charge is 0.496 e. The molecule has 0 aliphatic heterocycles. The van der Waals surface area contributed by atoms with E-state index in [0.717, 1.165) is 24.6 Å². The van der Waals surface area contributed by atoms with Gasteiger partial charge < -0.3 is 10.1 Å². The lowest BCUT2D eigenvalue weighted by atomic mass is 9.84. The Morgan fingerprint density at radius 2 is 2.05 bits per heavy atom. The van der Waals surface area contributed by atoms with Gasteiger partial charge in [-0.1, -0.05) is 31.9 Å². The predicted molar refractivity (Wildman–Crippen MR) is 81.0 cm³/mol. The molecule has 1 N–H and O–H groups in total. The summed E-state index contributed by atoms with van der Waals surface area (Å²) in [6.07, 6.45) is 6.62. The fourth-order valence-electron chi connectivity index (χ4n) is 3.44. The summed E-state index contributed by atoms with van der Waals surface area (Å²) in [5, 5.41) is 3.38. The Bertz CT molecular complexity index is 396. The molecule has 19 heavy (non-hydrogen) atoms. The summed E-state index contributed by atoms with van der Waals surface area (Å²) in [5.41, 5.74) is 2.82. The molecule has 1 fully saturated rings. The summed E-state index contributed by atoms with van der Waals surface area (Å²) in [5.74, 6) is 2.54. The van der Waals surface area contributed by atoms with Crippen LogP contribution in [0.3, 0.4) is 0 Å². The van der Waals surface area contributed by atoms with Crippen molar-refractivity contribution in [3.8, 4) is 5.75 Å². The molecule has 0 spiro atoms. The molecule has 1 atom stereocenters. The lowest BCUT2D eigenvalue weighted by Crippen LogP contribution is -2.23. The third kappa shape index (κ3) is 3.30. The number of benzene rings is 1. The van der Waals surface area contributed by atoms with Crippen LogP contribution in [0, 0.1) is 5.92 Å². The Kier molecular flexibility index (Phi) is 5.26. The van der Waals surface area contributed by atoms with Gasteiger partial charge in [0.1, 0.15) is 5.75 Å². The van der Waals surface area contributed by atoms with E-state index in [2.05, 4.69) is 37.5 Å². The SMILES string of the molecule is CCc1cc(C(CNC)C2CCCC2)ccc1OC. The van der Waals surface area contributed by atoms with Crippen LogP contribution >= 0.6 is 0 Å². The van der Waals surface area contributed by atoms with E-state index >= 15 is 0 Å². The number of nitrogens with one attached hydrogen (secondary N) is 1. The maximum atomic E-state index is 5.44. The highest BCUT2D eigenvalue weighted by Gasteiger charge is 2.26. The van der Waals surface area contributed by atoms with Gasteiger partial charge in [0.25, 0.3) is 0 Å². The Hall–Kier alpha value is -1.02. The summed E-state index contributed by atoms with van der Waals surface area (Å²) in [4.78, 5) is 0. The maximum Gasteiger partial charge on any atom is 0.122 e. The van der Waals surface area contributed by atoms with Gasteiger partial charge in [-0.05, 0) is 55.3 Å². The number of aryl methyl sites for hydroxylation is 1. The maximum absolute atomic E-state index is 5.44. The topological polar surface area (TPSA) is 21.3 Å². The molecule has 1 aromatic rings. The first-order valence-electron chi connectivity index (χ1n) is 7.61. The molecule has 0 aromatic heterocycles. The fourth-order valence-corrected chi connectivity index (χ4v) is 3.44. The zero-order chi connectivity index (χ0) is 13.7. The normalized spacial score (nSPS) is 17.6. The second-order valence-corrected chi connectivity index (χ2v) is 5.63. The minimum atomic E-state index is 0.656. The molecule has 0 saturated heterocycles. The lowest BCUT2D eigenvalue weighted by molar-refractivity contribution is 0.405. The molecule has 0 amide bonds. The van der Waals surface area contributed by atoms with Gasteiger partial charge in [0.05, 0.1) is 7.11 Å². The van der Waals surface area contributed by atoms with E-state index in [4.69, 9.17) is 4.74 Å². The molecule has 1 aliphatic carbocycles. The Morgan fingerprint density at radius 3 is 2.63 bits per heavy atom. The summed E-state index contributed by atoms with van der Waals surface area (Å²) < 4.78 is 5.44. The average molecular weight is 261 g/mol. The van der Waals surface area contributed by atoms with Crippen molar-refractivity contribution >= 4 is 0 Å². The molecule has 2 nitrogen and oxygen atoms in total. The van der Waals surface area contributed by atoms with E-state index in [9.17, 15) is 0 Å². The van der Waals surface area contributed by atoms with Gasteiger partial charge in [0.2, 0.25) is 0 Å². The number of rotatable bonds is 6. The molecule has 2 heteroatoms. The van der Waals surface area contributed by atoms with Gasteiger partial charge in [-0.3, -0.25) is 0 Å². The van der Waals surface area contributed by atoms with Crippen LogP contribution in [0.25, 0.3) is 0 Å². The van der Waals surface area contributed by atoms with Gasteiger partial charge in [-0.25, -0.2) is 0 Å². The number of methoxy groups -OCH3 is 1. The summed E-state index contributed by atoms with van der Waals surface area (Å²) >= 11 is 0. The van der Waals surface area contributed by atoms with Crippen molar-refractivity contribution in [3.05, 3.63) is 29.3 Å². The fraction of sp³-hybridized carbons (Fsp3) is 0.647. The van der Waals surface area contributed by atoms with Gasteiger partial charge in [-0.2, -0.15) is 0 Å². The molecule has 2 rings (SSSR count). The van der Waals surface area contributed by atoms with Crippen molar-refractivity contribution in [2.24, 2.45) is 5.92 Å². The van der Waals surface area contributed by atoms with Crippen LogP contribution < -0.4 is 10.1 Å². The van der Waals surface area contributed by atoms with Gasteiger partial charge in [0.15, 0.2) is 0 Å². The van der Waals surface area contributed by atoms with E-state index in [1.165, 1.54) is 36.8 Å². The first kappa shape index (κ1) is 14.4. The molecular formula is C17H27NO. The Morgan fingerprint density at radius 1 is 1.32 bits per heavy atom. The highest BCUT2D eigenvalue weighted by atomic mass is 16.5. The Balaban J connectivity index is 2.25. The van der Waals surface area contributed by atoms with Crippen LogP contribution in [-0.4, -0.2) is 20.7 Å². The predicted octanol–water partition coefficient (Wildman–Crippen LogP) is 3.75. The molecule has 1 saturated carbocycles.